The maximum Gasteiger partial charge on any atom is 0.234 e. The molecule has 0 aliphatic carbocycles. The normalized spacial score (nSPS) is 28.3. The van der Waals surface area contributed by atoms with Crippen LogP contribution >= 0.6 is 0 Å². The zero-order valence-corrected chi connectivity index (χ0v) is 18.3. The molecule has 31 heavy (non-hydrogen) atoms. The van der Waals surface area contributed by atoms with E-state index in [4.69, 9.17) is 4.74 Å². The highest BCUT2D eigenvalue weighted by Gasteiger charge is 2.67. The molecular formula is C25H27N3O3. The number of fused-ring (bicyclic) bond motifs is 1. The van der Waals surface area contributed by atoms with Gasteiger partial charge in [-0.2, -0.15) is 0 Å². The molecule has 1 aromatic carbocycles. The lowest BCUT2D eigenvalue weighted by molar-refractivity contribution is -0.139. The number of amides is 2. The first-order valence-electron chi connectivity index (χ1n) is 10.7. The smallest absolute Gasteiger partial charge is 0.234 e. The Labute approximate surface area is 182 Å². The van der Waals surface area contributed by atoms with Crippen LogP contribution in [-0.2, 0) is 20.9 Å². The first-order valence-corrected chi connectivity index (χ1v) is 10.7. The van der Waals surface area contributed by atoms with Crippen molar-refractivity contribution in [3.8, 4) is 0 Å². The van der Waals surface area contributed by atoms with E-state index in [0.717, 1.165) is 22.5 Å². The molecule has 2 bridgehead atoms. The molecule has 3 aliphatic rings. The molecule has 2 amide bonds. The molecule has 2 unspecified atom stereocenters. The summed E-state index contributed by atoms with van der Waals surface area (Å²) in [7, 11) is 1.79. The number of carbonyl (C=O) groups excluding carboxylic acids is 2. The first kappa shape index (κ1) is 19.9. The summed E-state index contributed by atoms with van der Waals surface area (Å²) in [6, 6.07) is 9.94. The van der Waals surface area contributed by atoms with Crippen LogP contribution in [0.2, 0.25) is 0 Å². The van der Waals surface area contributed by atoms with Gasteiger partial charge in [-0.05, 0) is 61.7 Å². The van der Waals surface area contributed by atoms with Gasteiger partial charge in [0.2, 0.25) is 11.8 Å². The largest absolute Gasteiger partial charge is 0.360 e. The third kappa shape index (κ3) is 3.08. The molecule has 2 fully saturated rings. The molecule has 6 heteroatoms. The van der Waals surface area contributed by atoms with Crippen LogP contribution in [0, 0.1) is 32.6 Å². The highest BCUT2D eigenvalue weighted by molar-refractivity contribution is 6.03. The molecule has 0 N–H and O–H groups in total. The van der Waals surface area contributed by atoms with E-state index in [-0.39, 0.29) is 17.9 Å². The van der Waals surface area contributed by atoms with Gasteiger partial charge >= 0.3 is 0 Å². The molecule has 6 nitrogen and oxygen atoms in total. The summed E-state index contributed by atoms with van der Waals surface area (Å²) in [5.74, 6) is -1.06. The fraction of sp³-hybridized carbons (Fsp3) is 0.400. The van der Waals surface area contributed by atoms with Crippen LogP contribution in [0.4, 0.5) is 5.69 Å². The number of benzene rings is 1. The number of hydrogen-bond donors (Lipinski definition) is 0. The summed E-state index contributed by atoms with van der Waals surface area (Å²) in [5, 5.41) is 0. The Bertz CT molecular complexity index is 1110. The molecule has 2 aromatic rings. The lowest BCUT2D eigenvalue weighted by Gasteiger charge is -2.28. The van der Waals surface area contributed by atoms with Crippen molar-refractivity contribution in [2.45, 2.75) is 39.0 Å². The SMILES string of the molecule is Cc1cc(CN(C)C(=O)C2C3C(=O)N(c4ccc(C)c(C)c4)C[C@@]34C=C[C@@H]2O4)ccn1. The second-order valence-electron chi connectivity index (χ2n) is 9.09. The number of aryl methyl sites for hydroxylation is 3. The second-order valence-corrected chi connectivity index (χ2v) is 9.09. The average Bonchev–Trinajstić information content (AvgIpc) is 3.38. The Kier molecular flexibility index (Phi) is 4.52. The van der Waals surface area contributed by atoms with Gasteiger partial charge < -0.3 is 14.5 Å². The number of ether oxygens (including phenoxy) is 1. The monoisotopic (exact) mass is 417 g/mol. The van der Waals surface area contributed by atoms with Gasteiger partial charge in [0.05, 0.1) is 24.5 Å². The van der Waals surface area contributed by atoms with E-state index in [2.05, 4.69) is 11.9 Å². The van der Waals surface area contributed by atoms with Crippen molar-refractivity contribution in [1.29, 1.82) is 0 Å². The maximum atomic E-state index is 13.5. The zero-order chi connectivity index (χ0) is 21.9. The van der Waals surface area contributed by atoms with Crippen LogP contribution in [-0.4, -0.2) is 47.0 Å². The molecule has 5 rings (SSSR count). The van der Waals surface area contributed by atoms with Gasteiger partial charge in [0.1, 0.15) is 5.60 Å². The van der Waals surface area contributed by atoms with Crippen LogP contribution in [0.3, 0.4) is 0 Å². The van der Waals surface area contributed by atoms with Crippen LogP contribution in [0.25, 0.3) is 0 Å². The van der Waals surface area contributed by atoms with Gasteiger partial charge in [-0.25, -0.2) is 0 Å². The predicted octanol–water partition coefficient (Wildman–Crippen LogP) is 2.95. The standard InChI is InChI=1S/C25H27N3O3/c1-15-5-6-19(11-16(15)2)28-14-25-9-7-20(31-25)21(22(25)24(28)30)23(29)27(4)13-18-8-10-26-17(3)12-18/h5-12,20-22H,13-14H2,1-4H3/t20-,21?,22?,25-/m0/s1. The molecule has 0 saturated carbocycles. The van der Waals surface area contributed by atoms with E-state index in [1.165, 1.54) is 5.56 Å². The highest BCUT2D eigenvalue weighted by Crippen LogP contribution is 2.53. The molecular weight excluding hydrogens is 390 g/mol. The van der Waals surface area contributed by atoms with Crippen LogP contribution in [0.5, 0.6) is 0 Å². The number of carbonyl (C=O) groups is 2. The summed E-state index contributed by atoms with van der Waals surface area (Å²) in [4.78, 5) is 34.7. The lowest BCUT2D eigenvalue weighted by Crippen LogP contribution is -2.44. The highest BCUT2D eigenvalue weighted by atomic mass is 16.5. The number of pyridine rings is 1. The Morgan fingerprint density at radius 1 is 1.23 bits per heavy atom. The molecule has 4 heterocycles. The Balaban J connectivity index is 1.41. The van der Waals surface area contributed by atoms with Gasteiger partial charge in [-0.3, -0.25) is 14.6 Å². The van der Waals surface area contributed by atoms with Crippen molar-refractivity contribution in [3.05, 3.63) is 71.1 Å². The van der Waals surface area contributed by atoms with Crippen molar-refractivity contribution >= 4 is 17.5 Å². The molecule has 2 saturated heterocycles. The summed E-state index contributed by atoms with van der Waals surface area (Å²) >= 11 is 0. The Morgan fingerprint density at radius 3 is 2.77 bits per heavy atom. The number of anilines is 1. The van der Waals surface area contributed by atoms with Gasteiger partial charge in [0.15, 0.2) is 0 Å². The number of rotatable bonds is 4. The van der Waals surface area contributed by atoms with Crippen LogP contribution in [0.1, 0.15) is 22.4 Å². The zero-order valence-electron chi connectivity index (χ0n) is 18.3. The maximum absolute atomic E-state index is 13.5. The summed E-state index contributed by atoms with van der Waals surface area (Å²) in [5.41, 5.74) is 4.41. The molecule has 4 atom stereocenters. The minimum atomic E-state index is -0.713. The van der Waals surface area contributed by atoms with Gasteiger partial charge in [0.25, 0.3) is 0 Å². The van der Waals surface area contributed by atoms with Crippen molar-refractivity contribution in [1.82, 2.24) is 9.88 Å². The minimum absolute atomic E-state index is 0.0263. The topological polar surface area (TPSA) is 62.7 Å². The first-order chi connectivity index (χ1) is 14.8. The summed E-state index contributed by atoms with van der Waals surface area (Å²) < 4.78 is 6.28. The molecule has 160 valence electrons. The van der Waals surface area contributed by atoms with E-state index in [1.807, 2.05) is 56.3 Å². The van der Waals surface area contributed by atoms with Crippen molar-refractivity contribution in [2.75, 3.05) is 18.5 Å². The van der Waals surface area contributed by atoms with E-state index >= 15 is 0 Å². The fourth-order valence-electron chi connectivity index (χ4n) is 5.20. The minimum Gasteiger partial charge on any atom is -0.360 e. The third-order valence-corrected chi connectivity index (χ3v) is 6.94. The molecule has 1 aromatic heterocycles. The van der Waals surface area contributed by atoms with E-state index in [9.17, 15) is 9.59 Å². The quantitative estimate of drug-likeness (QED) is 0.718. The van der Waals surface area contributed by atoms with Crippen LogP contribution in [0.15, 0.2) is 48.7 Å². The Hall–Kier alpha value is -2.99. The predicted molar refractivity (Wildman–Crippen MR) is 117 cm³/mol. The fourth-order valence-corrected chi connectivity index (χ4v) is 5.20. The average molecular weight is 418 g/mol. The lowest BCUT2D eigenvalue weighted by atomic mass is 9.76. The molecule has 0 radical (unpaired) electrons. The van der Waals surface area contributed by atoms with Gasteiger partial charge in [-0.15, -0.1) is 0 Å². The van der Waals surface area contributed by atoms with Crippen molar-refractivity contribution in [2.24, 2.45) is 11.8 Å². The van der Waals surface area contributed by atoms with Crippen molar-refractivity contribution in [3.63, 3.8) is 0 Å². The van der Waals surface area contributed by atoms with Gasteiger partial charge in [-0.1, -0.05) is 18.2 Å². The van der Waals surface area contributed by atoms with E-state index < -0.39 is 17.4 Å². The van der Waals surface area contributed by atoms with Gasteiger partial charge in [0, 0.05) is 31.2 Å². The second kappa shape index (κ2) is 7.02. The van der Waals surface area contributed by atoms with E-state index in [0.29, 0.717) is 13.1 Å². The summed E-state index contributed by atoms with van der Waals surface area (Å²) in [6.45, 7) is 6.96. The third-order valence-electron chi connectivity index (χ3n) is 6.94. The Morgan fingerprint density at radius 2 is 2.03 bits per heavy atom. The van der Waals surface area contributed by atoms with Crippen molar-refractivity contribution < 1.29 is 14.3 Å². The van der Waals surface area contributed by atoms with Crippen LogP contribution < -0.4 is 4.90 Å². The number of aromatic nitrogens is 1. The molecule has 1 spiro atoms. The number of nitrogens with zero attached hydrogens (tertiary/aromatic N) is 3. The van der Waals surface area contributed by atoms with E-state index in [1.54, 1.807) is 23.0 Å². The summed E-state index contributed by atoms with van der Waals surface area (Å²) in [6.07, 6.45) is 5.37. The number of hydrogen-bond acceptors (Lipinski definition) is 4. The molecule has 3 aliphatic heterocycles.